The minimum atomic E-state index is -0.499. The highest BCUT2D eigenvalue weighted by Crippen LogP contribution is 2.19. The maximum absolute atomic E-state index is 12.5. The van der Waals surface area contributed by atoms with Gasteiger partial charge < -0.3 is 19.1 Å². The zero-order valence-corrected chi connectivity index (χ0v) is 24.2. The van der Waals surface area contributed by atoms with Gasteiger partial charge in [0.15, 0.2) is 5.75 Å². The predicted molar refractivity (Wildman–Crippen MR) is 164 cm³/mol. The first-order valence-corrected chi connectivity index (χ1v) is 13.8. The third-order valence-electron chi connectivity index (χ3n) is 5.67. The van der Waals surface area contributed by atoms with E-state index in [2.05, 4.69) is 36.8 Å². The van der Waals surface area contributed by atoms with E-state index in [1.165, 1.54) is 0 Å². The molecule has 0 radical (unpaired) electrons. The van der Waals surface area contributed by atoms with Crippen LogP contribution < -0.4 is 9.62 Å². The highest BCUT2D eigenvalue weighted by atomic mass is 17.2. The number of esters is 3. The molecule has 0 amide bonds. The molecule has 0 N–H and O–H groups in total. The molecule has 0 heterocycles. The fraction of sp³-hybridized carbons (Fsp3) is 0.194. The second-order valence-corrected chi connectivity index (χ2v) is 9.03. The van der Waals surface area contributed by atoms with Crippen LogP contribution in [0.3, 0.4) is 0 Å². The third kappa shape index (κ3) is 12.5. The molecule has 0 fully saturated rings. The number of ether oxygens (including phenoxy) is 3. The first-order chi connectivity index (χ1) is 21.5. The monoisotopic (exact) mass is 592 g/mol. The zero-order valence-electron chi connectivity index (χ0n) is 24.2. The van der Waals surface area contributed by atoms with E-state index in [0.717, 1.165) is 28.8 Å². The van der Waals surface area contributed by atoms with E-state index >= 15 is 0 Å². The number of hydrogen-bond acceptors (Lipinski definition) is 8. The van der Waals surface area contributed by atoms with Crippen molar-refractivity contribution in [1.29, 1.82) is 0 Å². The smallest absolute Gasteiger partial charge is 0.343 e. The van der Waals surface area contributed by atoms with Gasteiger partial charge in [0.1, 0.15) is 12.4 Å². The largest absolute Gasteiger partial charge is 0.463 e. The maximum atomic E-state index is 12.5. The molecule has 0 saturated heterocycles. The average molecular weight is 593 g/mol. The van der Waals surface area contributed by atoms with Crippen molar-refractivity contribution >= 4 is 17.9 Å². The van der Waals surface area contributed by atoms with Crippen LogP contribution in [0.5, 0.6) is 11.5 Å². The molecule has 224 valence electrons. The van der Waals surface area contributed by atoms with Crippen LogP contribution >= 0.6 is 0 Å². The minimum Gasteiger partial charge on any atom is -0.463 e. The van der Waals surface area contributed by atoms with Gasteiger partial charge in [-0.05, 0) is 79.1 Å². The van der Waals surface area contributed by atoms with Gasteiger partial charge in [-0.1, -0.05) is 49.0 Å². The molecule has 0 aliphatic carbocycles. The van der Waals surface area contributed by atoms with Crippen molar-refractivity contribution in [2.24, 2.45) is 0 Å². The lowest BCUT2D eigenvalue weighted by Gasteiger charge is -2.07. The number of carbonyl (C=O) groups is 3. The summed E-state index contributed by atoms with van der Waals surface area (Å²) in [5.74, 6) is 11.6. The van der Waals surface area contributed by atoms with Crippen molar-refractivity contribution < 1.29 is 38.4 Å². The van der Waals surface area contributed by atoms with E-state index in [1.807, 2.05) is 24.3 Å². The van der Waals surface area contributed by atoms with Gasteiger partial charge in [-0.2, -0.15) is 4.89 Å². The van der Waals surface area contributed by atoms with Gasteiger partial charge in [0, 0.05) is 36.1 Å². The molecule has 0 aromatic heterocycles. The summed E-state index contributed by atoms with van der Waals surface area (Å²) in [5, 5.41) is 0. The van der Waals surface area contributed by atoms with Gasteiger partial charge in [0.2, 0.25) is 0 Å². The van der Waals surface area contributed by atoms with Gasteiger partial charge in [-0.3, -0.25) is 0 Å². The SMILES string of the molecule is C=CC(=O)OCCCC#Cc1ccc(COOc2ccc(OC(=O)c3ccc(C#CCCCOC(=O)C=C)cc3)cc2)cc1. The fourth-order valence-corrected chi connectivity index (χ4v) is 3.38. The van der Waals surface area contributed by atoms with Crippen LogP contribution in [0.15, 0.2) is 98.1 Å². The molecule has 0 atom stereocenters. The molecule has 0 unspecified atom stereocenters. The molecule has 3 aromatic rings. The Morgan fingerprint density at radius 3 is 1.68 bits per heavy atom. The van der Waals surface area contributed by atoms with E-state index < -0.39 is 17.9 Å². The summed E-state index contributed by atoms with van der Waals surface area (Å²) < 4.78 is 15.2. The zero-order chi connectivity index (χ0) is 31.4. The number of rotatable bonds is 14. The van der Waals surface area contributed by atoms with Crippen molar-refractivity contribution in [3.05, 3.63) is 120 Å². The Bertz CT molecular complexity index is 1530. The predicted octanol–water partition coefficient (Wildman–Crippen LogP) is 6.14. The van der Waals surface area contributed by atoms with Crippen LogP contribution in [0.2, 0.25) is 0 Å². The Kier molecular flexibility index (Phi) is 14.1. The van der Waals surface area contributed by atoms with Gasteiger partial charge in [0.05, 0.1) is 18.8 Å². The Morgan fingerprint density at radius 2 is 1.16 bits per heavy atom. The molecular formula is C36H32O8. The standard InChI is InChI=1S/C36H32O8/c1-3-34(37)40-25-9-5-7-11-28-13-15-30(16-14-28)27-42-44-33-23-21-32(22-24-33)43-36(39)31-19-17-29(18-20-31)12-8-6-10-26-41-35(38)4-2/h3-4,13-24H,1-2,5-6,9-10,25-27H2. The minimum absolute atomic E-state index is 0.227. The van der Waals surface area contributed by atoms with Gasteiger partial charge in [-0.15, -0.1) is 0 Å². The molecule has 0 saturated carbocycles. The van der Waals surface area contributed by atoms with Crippen molar-refractivity contribution in [2.75, 3.05) is 13.2 Å². The molecule has 3 rings (SSSR count). The Labute approximate surface area is 257 Å². The normalized spacial score (nSPS) is 9.73. The quantitative estimate of drug-likeness (QED) is 0.0419. The summed E-state index contributed by atoms with van der Waals surface area (Å²) in [6.07, 6.45) is 4.73. The van der Waals surface area contributed by atoms with E-state index in [1.54, 1.807) is 48.5 Å². The van der Waals surface area contributed by atoms with Crippen LogP contribution in [0.25, 0.3) is 0 Å². The molecule has 8 heteroatoms. The average Bonchev–Trinajstić information content (AvgIpc) is 3.05. The Morgan fingerprint density at radius 1 is 0.659 bits per heavy atom. The van der Waals surface area contributed by atoms with Gasteiger partial charge >= 0.3 is 17.9 Å². The molecular weight excluding hydrogens is 560 g/mol. The lowest BCUT2D eigenvalue weighted by atomic mass is 10.1. The molecule has 0 aliphatic heterocycles. The van der Waals surface area contributed by atoms with E-state index in [4.69, 9.17) is 24.0 Å². The first kappa shape index (κ1) is 32.9. The molecule has 0 spiro atoms. The van der Waals surface area contributed by atoms with Crippen LogP contribution in [0.4, 0.5) is 0 Å². The molecule has 3 aromatic carbocycles. The highest BCUT2D eigenvalue weighted by molar-refractivity contribution is 5.91. The highest BCUT2D eigenvalue weighted by Gasteiger charge is 2.09. The lowest BCUT2D eigenvalue weighted by Crippen LogP contribution is -2.08. The number of hydrogen-bond donors (Lipinski definition) is 0. The van der Waals surface area contributed by atoms with Crippen molar-refractivity contribution in [1.82, 2.24) is 0 Å². The Balaban J connectivity index is 1.36. The summed E-state index contributed by atoms with van der Waals surface area (Å²) in [7, 11) is 0. The Hall–Kier alpha value is -5.57. The van der Waals surface area contributed by atoms with Gasteiger partial charge in [-0.25, -0.2) is 14.4 Å². The third-order valence-corrected chi connectivity index (χ3v) is 5.67. The van der Waals surface area contributed by atoms with Crippen molar-refractivity contribution in [2.45, 2.75) is 32.3 Å². The van der Waals surface area contributed by atoms with Crippen molar-refractivity contribution in [3.8, 4) is 35.2 Å². The van der Waals surface area contributed by atoms with Gasteiger partial charge in [0.25, 0.3) is 0 Å². The topological polar surface area (TPSA) is 97.4 Å². The van der Waals surface area contributed by atoms with Crippen LogP contribution in [0.1, 0.15) is 52.7 Å². The first-order valence-electron chi connectivity index (χ1n) is 13.8. The fourth-order valence-electron chi connectivity index (χ4n) is 3.38. The second kappa shape index (κ2) is 18.8. The lowest BCUT2D eigenvalue weighted by molar-refractivity contribution is -0.217. The maximum Gasteiger partial charge on any atom is 0.343 e. The van der Waals surface area contributed by atoms with E-state index in [9.17, 15) is 14.4 Å². The van der Waals surface area contributed by atoms with E-state index in [-0.39, 0.29) is 13.2 Å². The summed E-state index contributed by atoms with van der Waals surface area (Å²) in [5.41, 5.74) is 2.91. The van der Waals surface area contributed by atoms with Crippen LogP contribution in [-0.2, 0) is 30.6 Å². The van der Waals surface area contributed by atoms with E-state index in [0.29, 0.717) is 49.4 Å². The molecule has 8 nitrogen and oxygen atoms in total. The van der Waals surface area contributed by atoms with Crippen LogP contribution in [0, 0.1) is 23.7 Å². The summed E-state index contributed by atoms with van der Waals surface area (Å²) >= 11 is 0. The summed E-state index contributed by atoms with van der Waals surface area (Å²) in [6.45, 7) is 7.52. The van der Waals surface area contributed by atoms with Crippen LogP contribution in [-0.4, -0.2) is 31.1 Å². The number of carbonyl (C=O) groups excluding carboxylic acids is 3. The molecule has 44 heavy (non-hydrogen) atoms. The number of unbranched alkanes of at least 4 members (excludes halogenated alkanes) is 2. The summed E-state index contributed by atoms with van der Waals surface area (Å²) in [6, 6.07) is 20.8. The van der Waals surface area contributed by atoms with Crippen molar-refractivity contribution in [3.63, 3.8) is 0 Å². The second-order valence-electron chi connectivity index (χ2n) is 9.03. The number of benzene rings is 3. The molecule has 0 aliphatic rings. The molecule has 0 bridgehead atoms. The summed E-state index contributed by atoms with van der Waals surface area (Å²) in [4.78, 5) is 45.2.